The van der Waals surface area contributed by atoms with Gasteiger partial charge >= 0.3 is 0 Å². The highest BCUT2D eigenvalue weighted by molar-refractivity contribution is 5.93. The Labute approximate surface area is 199 Å². The van der Waals surface area contributed by atoms with Gasteiger partial charge in [0.1, 0.15) is 17.3 Å². The molecule has 0 radical (unpaired) electrons. The standard InChI is InChI=1S/C27H28N6O/c1-20(21-11-5-2-6-12-21)29-27-28-16-15-24(31-27)33-19-23(26(34)32-17-9-4-10-18-32)30-25(33)22-13-7-3-8-14-22/h2-3,5-8,11-16,19-20H,4,9-10,17-18H2,1H3,(H,28,29,31). The number of rotatable bonds is 6. The Kier molecular flexibility index (Phi) is 6.33. The first-order valence-electron chi connectivity index (χ1n) is 11.8. The third-order valence-electron chi connectivity index (χ3n) is 6.13. The first-order chi connectivity index (χ1) is 16.7. The van der Waals surface area contributed by atoms with Crippen LogP contribution in [0.5, 0.6) is 0 Å². The molecule has 0 bridgehead atoms. The largest absolute Gasteiger partial charge is 0.348 e. The van der Waals surface area contributed by atoms with Crippen LogP contribution in [-0.2, 0) is 0 Å². The molecule has 0 aliphatic carbocycles. The quantitative estimate of drug-likeness (QED) is 0.439. The Morgan fingerprint density at radius 3 is 2.35 bits per heavy atom. The lowest BCUT2D eigenvalue weighted by Crippen LogP contribution is -2.35. The third-order valence-corrected chi connectivity index (χ3v) is 6.13. The van der Waals surface area contributed by atoms with Crippen molar-refractivity contribution in [1.29, 1.82) is 0 Å². The number of piperidine rings is 1. The van der Waals surface area contributed by atoms with Crippen LogP contribution in [0.2, 0.25) is 0 Å². The van der Waals surface area contributed by atoms with Crippen LogP contribution in [-0.4, -0.2) is 43.4 Å². The van der Waals surface area contributed by atoms with Gasteiger partial charge in [0.25, 0.3) is 5.91 Å². The number of aromatic nitrogens is 4. The number of hydrogen-bond donors (Lipinski definition) is 1. The first-order valence-corrected chi connectivity index (χ1v) is 11.8. The molecule has 0 saturated carbocycles. The predicted octanol–water partition coefficient (Wildman–Crippen LogP) is 5.13. The lowest BCUT2D eigenvalue weighted by atomic mass is 10.1. The molecule has 1 aliphatic heterocycles. The van der Waals surface area contributed by atoms with Gasteiger partial charge in [-0.1, -0.05) is 60.7 Å². The number of benzene rings is 2. The Morgan fingerprint density at radius 2 is 1.62 bits per heavy atom. The van der Waals surface area contributed by atoms with Crippen molar-refractivity contribution < 1.29 is 4.79 Å². The van der Waals surface area contributed by atoms with Crippen molar-refractivity contribution >= 4 is 11.9 Å². The maximum Gasteiger partial charge on any atom is 0.274 e. The van der Waals surface area contributed by atoms with E-state index in [1.54, 1.807) is 12.4 Å². The SMILES string of the molecule is CC(Nc1nccc(-n2cc(C(=O)N3CCCCC3)nc2-c2ccccc2)n1)c1ccccc1. The topological polar surface area (TPSA) is 75.9 Å². The van der Waals surface area contributed by atoms with Gasteiger partial charge in [-0.05, 0) is 37.8 Å². The van der Waals surface area contributed by atoms with Gasteiger partial charge in [0.2, 0.25) is 5.95 Å². The molecule has 7 nitrogen and oxygen atoms in total. The second kappa shape index (κ2) is 9.87. The Hall–Kier alpha value is -4.00. The number of hydrogen-bond acceptors (Lipinski definition) is 5. The van der Waals surface area contributed by atoms with Crippen molar-refractivity contribution in [3.8, 4) is 17.2 Å². The Morgan fingerprint density at radius 1 is 0.912 bits per heavy atom. The molecule has 0 spiro atoms. The maximum atomic E-state index is 13.2. The van der Waals surface area contributed by atoms with Crippen LogP contribution < -0.4 is 5.32 Å². The molecule has 34 heavy (non-hydrogen) atoms. The molecule has 1 saturated heterocycles. The highest BCUT2D eigenvalue weighted by Crippen LogP contribution is 2.24. The van der Waals surface area contributed by atoms with E-state index < -0.39 is 0 Å². The summed E-state index contributed by atoms with van der Waals surface area (Å²) in [6, 6.07) is 21.9. The fourth-order valence-corrected chi connectivity index (χ4v) is 4.28. The fraction of sp³-hybridized carbons (Fsp3) is 0.259. The van der Waals surface area contributed by atoms with Gasteiger partial charge < -0.3 is 10.2 Å². The van der Waals surface area contributed by atoms with Crippen LogP contribution in [0.4, 0.5) is 5.95 Å². The van der Waals surface area contributed by atoms with E-state index in [1.807, 2.05) is 64.1 Å². The molecule has 1 amide bonds. The molecule has 1 N–H and O–H groups in total. The maximum absolute atomic E-state index is 13.2. The highest BCUT2D eigenvalue weighted by atomic mass is 16.2. The number of imidazole rings is 1. The molecule has 5 rings (SSSR count). The van der Waals surface area contributed by atoms with Gasteiger partial charge in [-0.3, -0.25) is 9.36 Å². The lowest BCUT2D eigenvalue weighted by molar-refractivity contribution is 0.0719. The summed E-state index contributed by atoms with van der Waals surface area (Å²) in [7, 11) is 0. The average molecular weight is 453 g/mol. The summed E-state index contributed by atoms with van der Waals surface area (Å²) >= 11 is 0. The summed E-state index contributed by atoms with van der Waals surface area (Å²) in [6.45, 7) is 3.64. The molecule has 1 unspecified atom stereocenters. The van der Waals surface area contributed by atoms with E-state index in [0.29, 0.717) is 23.3 Å². The predicted molar refractivity (Wildman–Crippen MR) is 133 cm³/mol. The van der Waals surface area contributed by atoms with Crippen LogP contribution in [0.3, 0.4) is 0 Å². The van der Waals surface area contributed by atoms with Gasteiger partial charge in [-0.2, -0.15) is 4.98 Å². The molecule has 7 heteroatoms. The minimum Gasteiger partial charge on any atom is -0.348 e. The zero-order valence-electron chi connectivity index (χ0n) is 19.3. The summed E-state index contributed by atoms with van der Waals surface area (Å²) in [5.74, 6) is 1.83. The van der Waals surface area contributed by atoms with Crippen LogP contribution in [0.15, 0.2) is 79.1 Å². The minimum absolute atomic E-state index is 0.0271. The van der Waals surface area contributed by atoms with Crippen LogP contribution in [0.1, 0.15) is 48.3 Å². The van der Waals surface area contributed by atoms with Gasteiger partial charge in [-0.15, -0.1) is 0 Å². The number of anilines is 1. The summed E-state index contributed by atoms with van der Waals surface area (Å²) in [6.07, 6.45) is 6.78. The normalized spacial score (nSPS) is 14.6. The molecular formula is C27H28N6O. The molecule has 172 valence electrons. The van der Waals surface area contributed by atoms with Crippen molar-refractivity contribution in [2.75, 3.05) is 18.4 Å². The van der Waals surface area contributed by atoms with E-state index in [0.717, 1.165) is 37.1 Å². The molecule has 1 aliphatic rings. The second-order valence-electron chi connectivity index (χ2n) is 8.55. The molecule has 1 atom stereocenters. The highest BCUT2D eigenvalue weighted by Gasteiger charge is 2.23. The van der Waals surface area contributed by atoms with Crippen molar-refractivity contribution in [3.05, 3.63) is 90.4 Å². The monoisotopic (exact) mass is 452 g/mol. The number of amides is 1. The Bertz CT molecular complexity index is 1250. The molecular weight excluding hydrogens is 424 g/mol. The van der Waals surface area contributed by atoms with Crippen molar-refractivity contribution in [1.82, 2.24) is 24.4 Å². The van der Waals surface area contributed by atoms with Gasteiger partial charge in [0.15, 0.2) is 0 Å². The number of carbonyl (C=O) groups excluding carboxylic acids is 1. The van der Waals surface area contributed by atoms with E-state index >= 15 is 0 Å². The number of nitrogens with one attached hydrogen (secondary N) is 1. The molecule has 1 fully saturated rings. The smallest absolute Gasteiger partial charge is 0.274 e. The van der Waals surface area contributed by atoms with E-state index in [9.17, 15) is 4.79 Å². The van der Waals surface area contributed by atoms with Crippen molar-refractivity contribution in [3.63, 3.8) is 0 Å². The van der Waals surface area contributed by atoms with Crippen molar-refractivity contribution in [2.45, 2.75) is 32.2 Å². The molecule has 2 aromatic carbocycles. The summed E-state index contributed by atoms with van der Waals surface area (Å²) in [5, 5.41) is 3.38. The van der Waals surface area contributed by atoms with Gasteiger partial charge in [0, 0.05) is 31.0 Å². The molecule has 3 heterocycles. The van der Waals surface area contributed by atoms with Crippen LogP contribution in [0.25, 0.3) is 17.2 Å². The minimum atomic E-state index is -0.0271. The van der Waals surface area contributed by atoms with Crippen LogP contribution >= 0.6 is 0 Å². The summed E-state index contributed by atoms with van der Waals surface area (Å²) < 4.78 is 1.88. The second-order valence-corrected chi connectivity index (χ2v) is 8.55. The van der Waals surface area contributed by atoms with E-state index in [2.05, 4.69) is 29.4 Å². The number of nitrogens with zero attached hydrogens (tertiary/aromatic N) is 5. The van der Waals surface area contributed by atoms with Gasteiger partial charge in [-0.25, -0.2) is 9.97 Å². The lowest BCUT2D eigenvalue weighted by Gasteiger charge is -2.25. The van der Waals surface area contributed by atoms with Crippen LogP contribution in [0, 0.1) is 0 Å². The summed E-state index contributed by atoms with van der Waals surface area (Å²) in [4.78, 5) is 29.0. The van der Waals surface area contributed by atoms with E-state index in [1.165, 1.54) is 6.42 Å². The number of carbonyl (C=O) groups is 1. The zero-order chi connectivity index (χ0) is 23.3. The first kappa shape index (κ1) is 21.8. The van der Waals surface area contributed by atoms with Crippen molar-refractivity contribution in [2.24, 2.45) is 0 Å². The number of likely N-dealkylation sites (tertiary alicyclic amines) is 1. The zero-order valence-corrected chi connectivity index (χ0v) is 19.3. The summed E-state index contributed by atoms with van der Waals surface area (Å²) in [5.41, 5.74) is 2.51. The van der Waals surface area contributed by atoms with E-state index in [-0.39, 0.29) is 11.9 Å². The third kappa shape index (κ3) is 4.69. The fourth-order valence-electron chi connectivity index (χ4n) is 4.28. The van der Waals surface area contributed by atoms with E-state index in [4.69, 9.17) is 9.97 Å². The Balaban J connectivity index is 1.49. The molecule has 4 aromatic rings. The molecule has 2 aromatic heterocycles. The average Bonchev–Trinajstić information content (AvgIpc) is 3.36. The van der Waals surface area contributed by atoms with Gasteiger partial charge in [0.05, 0.1) is 6.04 Å².